The van der Waals surface area contributed by atoms with Gasteiger partial charge in [0.05, 0.1) is 25.4 Å². The highest BCUT2D eigenvalue weighted by Crippen LogP contribution is 2.49. The molecule has 2 unspecified atom stereocenters. The molecule has 0 N–H and O–H groups in total. The summed E-state index contributed by atoms with van der Waals surface area (Å²) in [5, 5.41) is 0. The number of hydrogen-bond donors (Lipinski definition) is 0. The van der Waals surface area contributed by atoms with Gasteiger partial charge in [-0.25, -0.2) is 0 Å². The Morgan fingerprint density at radius 3 is 1.44 bits per heavy atom. The first-order chi connectivity index (χ1) is 16.1. The quantitative estimate of drug-likeness (QED) is 0.407. The Labute approximate surface area is 204 Å². The van der Waals surface area contributed by atoms with Crippen molar-refractivity contribution in [3.63, 3.8) is 0 Å². The highest BCUT2D eigenvalue weighted by atomic mass is 31.2. The summed E-state index contributed by atoms with van der Waals surface area (Å²) in [5.74, 6) is -0.775. The second-order valence-corrected chi connectivity index (χ2v) is 10.8. The molecule has 0 amide bonds. The predicted molar refractivity (Wildman–Crippen MR) is 131 cm³/mol. The van der Waals surface area contributed by atoms with Gasteiger partial charge in [0.1, 0.15) is 11.5 Å². The maximum absolute atomic E-state index is 6.16. The molecule has 0 radical (unpaired) electrons. The zero-order chi connectivity index (χ0) is 24.6. The summed E-state index contributed by atoms with van der Waals surface area (Å²) < 4.78 is 48.4. The van der Waals surface area contributed by atoms with E-state index in [2.05, 4.69) is 0 Å². The van der Waals surface area contributed by atoms with E-state index in [0.29, 0.717) is 11.5 Å². The Hall–Kier alpha value is -1.34. The summed E-state index contributed by atoms with van der Waals surface area (Å²) in [4.78, 5) is 0. The molecule has 2 aromatic carbocycles. The fourth-order valence-electron chi connectivity index (χ4n) is 3.05. The smallest absolute Gasteiger partial charge is 0.402 e. The van der Waals surface area contributed by atoms with Gasteiger partial charge in [-0.05, 0) is 65.8 Å². The normalized spacial score (nSPS) is 28.4. The molecule has 0 bridgehead atoms. The SMILES string of the molecule is CC1COP(Oc2ccccc2)OCC(C)OC(C)(C)OP(Oc2ccccc2)OC(C)(C)O1. The van der Waals surface area contributed by atoms with E-state index in [-0.39, 0.29) is 25.4 Å². The zero-order valence-corrected chi connectivity index (χ0v) is 22.3. The molecule has 1 saturated heterocycles. The number of rotatable bonds is 4. The fraction of sp³-hybridized carbons (Fsp3) is 0.500. The molecule has 0 aliphatic carbocycles. The van der Waals surface area contributed by atoms with Crippen molar-refractivity contribution < 1.29 is 36.6 Å². The third kappa shape index (κ3) is 9.73. The van der Waals surface area contributed by atoms with E-state index in [1.807, 2.05) is 74.5 Å². The first-order valence-electron chi connectivity index (χ1n) is 11.2. The van der Waals surface area contributed by atoms with Gasteiger partial charge in [-0.3, -0.25) is 18.1 Å². The average Bonchev–Trinajstić information content (AvgIpc) is 2.75. The van der Waals surface area contributed by atoms with Crippen LogP contribution in [0.1, 0.15) is 41.5 Å². The van der Waals surface area contributed by atoms with Crippen molar-refractivity contribution >= 4 is 17.2 Å². The second kappa shape index (κ2) is 12.6. The third-order valence-corrected chi connectivity index (χ3v) is 6.85. The zero-order valence-electron chi connectivity index (χ0n) is 20.5. The van der Waals surface area contributed by atoms with Crippen LogP contribution in [-0.2, 0) is 27.6 Å². The van der Waals surface area contributed by atoms with Crippen LogP contribution in [0.4, 0.5) is 0 Å². The molecule has 188 valence electrons. The van der Waals surface area contributed by atoms with Crippen LogP contribution in [0.25, 0.3) is 0 Å². The highest BCUT2D eigenvalue weighted by molar-refractivity contribution is 7.42. The molecule has 1 heterocycles. The molecule has 8 nitrogen and oxygen atoms in total. The van der Waals surface area contributed by atoms with E-state index in [4.69, 9.17) is 36.6 Å². The van der Waals surface area contributed by atoms with Crippen LogP contribution in [0.15, 0.2) is 60.7 Å². The summed E-state index contributed by atoms with van der Waals surface area (Å²) >= 11 is 0. The monoisotopic (exact) mass is 512 g/mol. The van der Waals surface area contributed by atoms with Crippen LogP contribution in [0.3, 0.4) is 0 Å². The maximum atomic E-state index is 6.16. The lowest BCUT2D eigenvalue weighted by Crippen LogP contribution is -2.37. The van der Waals surface area contributed by atoms with Gasteiger partial charge in [-0.15, -0.1) is 0 Å². The average molecular weight is 512 g/mol. The summed E-state index contributed by atoms with van der Waals surface area (Å²) in [5.41, 5.74) is 0. The molecule has 0 saturated carbocycles. The van der Waals surface area contributed by atoms with Gasteiger partial charge < -0.3 is 18.5 Å². The Morgan fingerprint density at radius 2 is 1.03 bits per heavy atom. The van der Waals surface area contributed by atoms with Gasteiger partial charge in [0.25, 0.3) is 0 Å². The van der Waals surface area contributed by atoms with Crippen LogP contribution < -0.4 is 9.05 Å². The lowest BCUT2D eigenvalue weighted by Gasteiger charge is -2.36. The molecule has 1 aliphatic rings. The van der Waals surface area contributed by atoms with E-state index < -0.39 is 28.8 Å². The van der Waals surface area contributed by atoms with Gasteiger partial charge in [0, 0.05) is 0 Å². The lowest BCUT2D eigenvalue weighted by atomic mass is 10.3. The van der Waals surface area contributed by atoms with E-state index in [1.54, 1.807) is 27.7 Å². The molecular weight excluding hydrogens is 478 g/mol. The summed E-state index contributed by atoms with van der Waals surface area (Å²) in [6.45, 7) is 11.5. The van der Waals surface area contributed by atoms with Crippen molar-refractivity contribution in [3.05, 3.63) is 60.7 Å². The molecule has 2 aromatic rings. The van der Waals surface area contributed by atoms with Crippen LogP contribution in [0.5, 0.6) is 11.5 Å². The van der Waals surface area contributed by atoms with Crippen LogP contribution in [0.2, 0.25) is 0 Å². The van der Waals surface area contributed by atoms with Crippen molar-refractivity contribution in [2.75, 3.05) is 13.2 Å². The Morgan fingerprint density at radius 1 is 0.647 bits per heavy atom. The van der Waals surface area contributed by atoms with E-state index in [1.165, 1.54) is 0 Å². The van der Waals surface area contributed by atoms with Crippen molar-refractivity contribution in [3.8, 4) is 11.5 Å². The van der Waals surface area contributed by atoms with Gasteiger partial charge in [-0.2, -0.15) is 0 Å². The predicted octanol–water partition coefficient (Wildman–Crippen LogP) is 6.96. The minimum Gasteiger partial charge on any atom is -0.427 e. The van der Waals surface area contributed by atoms with Gasteiger partial charge >= 0.3 is 17.2 Å². The van der Waals surface area contributed by atoms with Crippen LogP contribution >= 0.6 is 17.2 Å². The molecule has 2 atom stereocenters. The van der Waals surface area contributed by atoms with Crippen LogP contribution in [-0.4, -0.2) is 37.0 Å². The van der Waals surface area contributed by atoms with Crippen molar-refractivity contribution in [1.82, 2.24) is 0 Å². The molecule has 10 heteroatoms. The van der Waals surface area contributed by atoms with Crippen molar-refractivity contribution in [2.24, 2.45) is 0 Å². The number of benzene rings is 2. The second-order valence-electron chi connectivity index (χ2n) is 8.69. The van der Waals surface area contributed by atoms with Crippen molar-refractivity contribution in [1.29, 1.82) is 0 Å². The molecule has 0 spiro atoms. The topological polar surface area (TPSA) is 73.8 Å². The highest BCUT2D eigenvalue weighted by Gasteiger charge is 2.37. The van der Waals surface area contributed by atoms with E-state index >= 15 is 0 Å². The Kier molecular flexibility index (Phi) is 10.1. The first kappa shape index (κ1) is 27.3. The van der Waals surface area contributed by atoms with Gasteiger partial charge in [0.15, 0.2) is 11.6 Å². The molecule has 34 heavy (non-hydrogen) atoms. The van der Waals surface area contributed by atoms with Crippen LogP contribution in [0, 0.1) is 0 Å². The van der Waals surface area contributed by atoms with E-state index in [9.17, 15) is 0 Å². The molecule has 1 aliphatic heterocycles. The molecule has 1 fully saturated rings. The summed E-state index contributed by atoms with van der Waals surface area (Å²) in [6, 6.07) is 18.8. The Balaban J connectivity index is 1.75. The van der Waals surface area contributed by atoms with Gasteiger partial charge in [0.2, 0.25) is 0 Å². The fourth-order valence-corrected chi connectivity index (χ4v) is 5.40. The largest absolute Gasteiger partial charge is 0.427 e. The Bertz CT molecular complexity index is 823. The van der Waals surface area contributed by atoms with Crippen molar-refractivity contribution in [2.45, 2.75) is 65.3 Å². The minimum atomic E-state index is -1.86. The number of para-hydroxylation sites is 2. The first-order valence-corrected chi connectivity index (χ1v) is 13.4. The summed E-state index contributed by atoms with van der Waals surface area (Å²) in [6.07, 6.45) is -0.637. The standard InChI is InChI=1S/C24H34O8P2/c1-19-17-25-33(29-21-13-9-7-10-14-21)26-18-20(2)28-24(5,6)32-34(31-23(3,4)27-19)30-22-15-11-8-12-16-22/h7-16,19-20H,17-18H2,1-6H3. The molecule has 3 rings (SSSR count). The summed E-state index contributed by atoms with van der Waals surface area (Å²) in [7, 11) is -3.54. The van der Waals surface area contributed by atoms with E-state index in [0.717, 1.165) is 0 Å². The number of hydrogen-bond acceptors (Lipinski definition) is 8. The molecular formula is C24H34O8P2. The third-order valence-electron chi connectivity index (χ3n) is 4.23. The lowest BCUT2D eigenvalue weighted by molar-refractivity contribution is -0.221. The maximum Gasteiger partial charge on any atom is 0.402 e. The number of ether oxygens (including phenoxy) is 2. The minimum absolute atomic E-state index is 0.240. The molecule has 0 aromatic heterocycles. The van der Waals surface area contributed by atoms with Gasteiger partial charge in [-0.1, -0.05) is 36.4 Å².